The zero-order chi connectivity index (χ0) is 13.1. The number of nitrogens with zero attached hydrogens (tertiary/aromatic N) is 1. The molecule has 0 amide bonds. The van der Waals surface area contributed by atoms with Gasteiger partial charge < -0.3 is 5.11 Å². The lowest BCUT2D eigenvalue weighted by molar-refractivity contribution is 0.0697. The molecule has 1 heterocycles. The second-order valence-corrected chi connectivity index (χ2v) is 4.47. The quantitative estimate of drug-likeness (QED) is 0.893. The van der Waals surface area contributed by atoms with Gasteiger partial charge in [0.15, 0.2) is 0 Å². The number of hydrogen-bond acceptors (Lipinski definition) is 2. The van der Waals surface area contributed by atoms with Gasteiger partial charge >= 0.3 is 5.97 Å². The van der Waals surface area contributed by atoms with Gasteiger partial charge in [-0.1, -0.05) is 38.1 Å². The van der Waals surface area contributed by atoms with Crippen LogP contribution in [0.5, 0.6) is 0 Å². The first kappa shape index (κ1) is 12.3. The van der Waals surface area contributed by atoms with E-state index in [1.807, 2.05) is 24.3 Å². The van der Waals surface area contributed by atoms with Crippen molar-refractivity contribution in [2.24, 2.45) is 0 Å². The number of rotatable bonds is 3. The fourth-order valence-electron chi connectivity index (χ4n) is 2.05. The summed E-state index contributed by atoms with van der Waals surface area (Å²) >= 11 is 0. The van der Waals surface area contributed by atoms with Gasteiger partial charge in [-0.2, -0.15) is 0 Å². The van der Waals surface area contributed by atoms with E-state index < -0.39 is 5.97 Å². The van der Waals surface area contributed by atoms with E-state index in [1.165, 1.54) is 6.20 Å². The Hall–Kier alpha value is -2.16. The number of carbonyl (C=O) groups is 1. The molecule has 0 saturated carbocycles. The van der Waals surface area contributed by atoms with E-state index in [9.17, 15) is 9.90 Å². The summed E-state index contributed by atoms with van der Waals surface area (Å²) in [7, 11) is 0. The summed E-state index contributed by atoms with van der Waals surface area (Å²) in [6.45, 7) is 4.20. The molecule has 3 heteroatoms. The molecule has 2 rings (SSSR count). The van der Waals surface area contributed by atoms with E-state index in [0.29, 0.717) is 5.92 Å². The Bertz CT molecular complexity index is 576. The molecule has 0 saturated heterocycles. The van der Waals surface area contributed by atoms with Crippen LogP contribution in [0.25, 0.3) is 11.1 Å². The highest BCUT2D eigenvalue weighted by Crippen LogP contribution is 2.30. The number of carboxylic acids is 1. The molecule has 3 nitrogen and oxygen atoms in total. The van der Waals surface area contributed by atoms with Crippen molar-refractivity contribution < 1.29 is 9.90 Å². The Balaban J connectivity index is 2.66. The first-order valence-corrected chi connectivity index (χ1v) is 5.88. The van der Waals surface area contributed by atoms with Crippen molar-refractivity contribution in [2.45, 2.75) is 19.8 Å². The SMILES string of the molecule is CC(C)c1ccccc1-c1ccncc1C(=O)O. The van der Waals surface area contributed by atoms with Crippen LogP contribution in [0.3, 0.4) is 0 Å². The molecule has 0 aliphatic carbocycles. The van der Waals surface area contributed by atoms with Gasteiger partial charge in [-0.3, -0.25) is 4.98 Å². The van der Waals surface area contributed by atoms with E-state index in [2.05, 4.69) is 18.8 Å². The first-order chi connectivity index (χ1) is 8.61. The Morgan fingerprint density at radius 3 is 2.56 bits per heavy atom. The topological polar surface area (TPSA) is 50.2 Å². The Morgan fingerprint density at radius 1 is 1.17 bits per heavy atom. The van der Waals surface area contributed by atoms with Gasteiger partial charge in [0.1, 0.15) is 0 Å². The molecular weight excluding hydrogens is 226 g/mol. The largest absolute Gasteiger partial charge is 0.478 e. The summed E-state index contributed by atoms with van der Waals surface area (Å²) in [5.74, 6) is -0.604. The third kappa shape index (κ3) is 2.25. The molecule has 0 fully saturated rings. The lowest BCUT2D eigenvalue weighted by Crippen LogP contribution is -2.02. The van der Waals surface area contributed by atoms with Crippen molar-refractivity contribution in [3.63, 3.8) is 0 Å². The number of carboxylic acid groups (broad SMARTS) is 1. The van der Waals surface area contributed by atoms with Crippen LogP contribution in [-0.4, -0.2) is 16.1 Å². The van der Waals surface area contributed by atoms with Crippen LogP contribution in [-0.2, 0) is 0 Å². The number of aromatic nitrogens is 1. The van der Waals surface area contributed by atoms with Crippen molar-refractivity contribution in [3.05, 3.63) is 53.9 Å². The van der Waals surface area contributed by atoms with Crippen LogP contribution in [0.4, 0.5) is 0 Å². The minimum atomic E-state index is -0.948. The monoisotopic (exact) mass is 241 g/mol. The maximum absolute atomic E-state index is 11.2. The maximum atomic E-state index is 11.2. The van der Waals surface area contributed by atoms with Gasteiger partial charge in [0.2, 0.25) is 0 Å². The van der Waals surface area contributed by atoms with Gasteiger partial charge in [-0.05, 0) is 28.7 Å². The summed E-state index contributed by atoms with van der Waals surface area (Å²) in [6, 6.07) is 9.64. The summed E-state index contributed by atoms with van der Waals surface area (Å²) in [5, 5.41) is 9.22. The zero-order valence-corrected chi connectivity index (χ0v) is 10.4. The Labute approximate surface area is 106 Å². The van der Waals surface area contributed by atoms with E-state index in [-0.39, 0.29) is 5.56 Å². The molecular formula is C15H15NO2. The maximum Gasteiger partial charge on any atom is 0.337 e. The first-order valence-electron chi connectivity index (χ1n) is 5.88. The van der Waals surface area contributed by atoms with Crippen LogP contribution in [0.1, 0.15) is 35.7 Å². The average molecular weight is 241 g/mol. The van der Waals surface area contributed by atoms with Crippen molar-refractivity contribution in [1.29, 1.82) is 0 Å². The van der Waals surface area contributed by atoms with Crippen molar-refractivity contribution >= 4 is 5.97 Å². The summed E-state index contributed by atoms with van der Waals surface area (Å²) in [5.41, 5.74) is 3.07. The van der Waals surface area contributed by atoms with Crippen LogP contribution in [0, 0.1) is 0 Å². The summed E-state index contributed by atoms with van der Waals surface area (Å²) in [4.78, 5) is 15.1. The molecule has 0 radical (unpaired) electrons. The van der Waals surface area contributed by atoms with Gasteiger partial charge in [0.05, 0.1) is 5.56 Å². The zero-order valence-electron chi connectivity index (χ0n) is 10.4. The molecule has 92 valence electrons. The number of hydrogen-bond donors (Lipinski definition) is 1. The molecule has 0 atom stereocenters. The lowest BCUT2D eigenvalue weighted by atomic mass is 9.91. The van der Waals surface area contributed by atoms with Crippen LogP contribution >= 0.6 is 0 Å². The molecule has 0 spiro atoms. The van der Waals surface area contributed by atoms with Crippen molar-refractivity contribution in [1.82, 2.24) is 4.98 Å². The molecule has 1 aromatic heterocycles. The van der Waals surface area contributed by atoms with Crippen LogP contribution in [0.15, 0.2) is 42.7 Å². The fraction of sp³-hybridized carbons (Fsp3) is 0.200. The minimum Gasteiger partial charge on any atom is -0.478 e. The molecule has 0 aliphatic heterocycles. The smallest absolute Gasteiger partial charge is 0.337 e. The van der Waals surface area contributed by atoms with Gasteiger partial charge in [-0.25, -0.2) is 4.79 Å². The third-order valence-electron chi connectivity index (χ3n) is 2.92. The number of aromatic carboxylic acids is 1. The molecule has 18 heavy (non-hydrogen) atoms. The van der Waals surface area contributed by atoms with E-state index in [1.54, 1.807) is 12.3 Å². The van der Waals surface area contributed by atoms with E-state index >= 15 is 0 Å². The predicted octanol–water partition coefficient (Wildman–Crippen LogP) is 3.57. The second kappa shape index (κ2) is 5.00. The van der Waals surface area contributed by atoms with E-state index in [4.69, 9.17) is 0 Å². The van der Waals surface area contributed by atoms with Gasteiger partial charge in [0.25, 0.3) is 0 Å². The molecule has 0 bridgehead atoms. The second-order valence-electron chi connectivity index (χ2n) is 4.47. The standard InChI is InChI=1S/C15H15NO2/c1-10(2)11-5-3-4-6-12(11)13-7-8-16-9-14(13)15(17)18/h3-10H,1-2H3,(H,17,18). The molecule has 0 unspecified atom stereocenters. The Morgan fingerprint density at radius 2 is 1.89 bits per heavy atom. The van der Waals surface area contributed by atoms with Gasteiger partial charge in [0, 0.05) is 12.4 Å². The van der Waals surface area contributed by atoms with Crippen LogP contribution < -0.4 is 0 Å². The predicted molar refractivity (Wildman–Crippen MR) is 70.7 cm³/mol. The molecule has 1 N–H and O–H groups in total. The van der Waals surface area contributed by atoms with Crippen molar-refractivity contribution in [3.8, 4) is 11.1 Å². The molecule has 0 aliphatic rings. The fourth-order valence-corrected chi connectivity index (χ4v) is 2.05. The van der Waals surface area contributed by atoms with E-state index in [0.717, 1.165) is 16.7 Å². The Kier molecular flexibility index (Phi) is 3.42. The average Bonchev–Trinajstić information content (AvgIpc) is 2.38. The highest BCUT2D eigenvalue weighted by Gasteiger charge is 2.15. The normalized spacial score (nSPS) is 10.6. The molecule has 2 aromatic rings. The van der Waals surface area contributed by atoms with Gasteiger partial charge in [-0.15, -0.1) is 0 Å². The highest BCUT2D eigenvalue weighted by molar-refractivity contribution is 5.96. The highest BCUT2D eigenvalue weighted by atomic mass is 16.4. The molecule has 1 aromatic carbocycles. The summed E-state index contributed by atoms with van der Waals surface area (Å²) < 4.78 is 0. The summed E-state index contributed by atoms with van der Waals surface area (Å²) in [6.07, 6.45) is 3.02. The number of pyridine rings is 1. The number of benzene rings is 1. The third-order valence-corrected chi connectivity index (χ3v) is 2.92. The van der Waals surface area contributed by atoms with Crippen molar-refractivity contribution in [2.75, 3.05) is 0 Å². The lowest BCUT2D eigenvalue weighted by Gasteiger charge is -2.14. The van der Waals surface area contributed by atoms with Crippen LogP contribution in [0.2, 0.25) is 0 Å². The minimum absolute atomic E-state index is 0.241.